The highest BCUT2D eigenvalue weighted by Crippen LogP contribution is 2.18. The lowest BCUT2D eigenvalue weighted by Crippen LogP contribution is -2.26. The molecule has 0 atom stereocenters. The van der Waals surface area contributed by atoms with E-state index in [1.54, 1.807) is 0 Å². The van der Waals surface area contributed by atoms with Crippen LogP contribution in [0.3, 0.4) is 0 Å². The Morgan fingerprint density at radius 3 is 1.59 bits per heavy atom. The molecule has 0 saturated carbocycles. The molecule has 180 valence electrons. The summed E-state index contributed by atoms with van der Waals surface area (Å²) in [6.07, 6.45) is 2.03. The molecule has 0 amide bonds. The quantitative estimate of drug-likeness (QED) is 0.491. The minimum Gasteiger partial charge on any atom is -0.395 e. The van der Waals surface area contributed by atoms with Crippen molar-refractivity contribution in [2.45, 2.75) is 66.7 Å². The molecule has 34 heavy (non-hydrogen) atoms. The van der Waals surface area contributed by atoms with E-state index < -0.39 is 0 Å². The Kier molecular flexibility index (Phi) is 6.09. The van der Waals surface area contributed by atoms with Crippen LogP contribution in [0.1, 0.15) is 47.0 Å². The maximum absolute atomic E-state index is 9.68. The molecule has 0 aromatic carbocycles. The fraction of sp³-hybridized carbons (Fsp3) is 0.500. The van der Waals surface area contributed by atoms with Crippen molar-refractivity contribution in [2.24, 2.45) is 0 Å². The van der Waals surface area contributed by atoms with Crippen LogP contribution in [0.5, 0.6) is 0 Å². The Hall–Kier alpha value is -3.24. The minimum atomic E-state index is 0.0760. The monoisotopic (exact) mass is 463 g/mol. The van der Waals surface area contributed by atoms with E-state index in [9.17, 15) is 5.11 Å². The zero-order valence-corrected chi connectivity index (χ0v) is 20.4. The second-order valence-electron chi connectivity index (χ2n) is 9.25. The second kappa shape index (κ2) is 9.19. The Bertz CT molecular complexity index is 1200. The van der Waals surface area contributed by atoms with Gasteiger partial charge >= 0.3 is 0 Å². The lowest BCUT2D eigenvalue weighted by Gasteiger charge is -2.18. The van der Waals surface area contributed by atoms with Gasteiger partial charge in [-0.15, -0.1) is 0 Å². The van der Waals surface area contributed by atoms with E-state index in [0.29, 0.717) is 19.6 Å². The van der Waals surface area contributed by atoms with Gasteiger partial charge in [-0.3, -0.25) is 14.3 Å². The first kappa shape index (κ1) is 22.5. The van der Waals surface area contributed by atoms with Crippen molar-refractivity contribution in [1.82, 2.24) is 44.0 Å². The predicted octanol–water partition coefficient (Wildman–Crippen LogP) is 2.47. The molecule has 1 aliphatic rings. The number of aliphatic hydroxyl groups is 1. The van der Waals surface area contributed by atoms with Crippen LogP contribution in [-0.4, -0.2) is 62.3 Å². The summed E-state index contributed by atoms with van der Waals surface area (Å²) in [5.41, 5.74) is 6.24. The molecule has 5 heterocycles. The molecule has 0 spiro atoms. The molecule has 0 radical (unpaired) electrons. The van der Waals surface area contributed by atoms with Gasteiger partial charge in [0.25, 0.3) is 0 Å². The molecule has 0 saturated heterocycles. The average Bonchev–Trinajstić information content (AvgIpc) is 3.52. The number of rotatable bonds is 2. The summed E-state index contributed by atoms with van der Waals surface area (Å²) in [6, 6.07) is 8.37. The summed E-state index contributed by atoms with van der Waals surface area (Å²) < 4.78 is 7.96. The summed E-state index contributed by atoms with van der Waals surface area (Å²) in [4.78, 5) is 2.17. The standard InChI is InChI=1S/C24H33N9O/c1-17-13-23-27-30(17)7-5-6-8-31-18(2)14-24(28-31)33-20(4)12-22(26-33)16-29(9-10-34)15-21-11-19(3)32(23)25-21/h11-14,34H,5-10,15-16H2,1-4H3. The van der Waals surface area contributed by atoms with Crippen molar-refractivity contribution in [3.05, 3.63) is 58.4 Å². The van der Waals surface area contributed by atoms with Crippen molar-refractivity contribution in [3.8, 4) is 11.6 Å². The summed E-state index contributed by atoms with van der Waals surface area (Å²) in [7, 11) is 0. The van der Waals surface area contributed by atoms with E-state index in [2.05, 4.69) is 66.2 Å². The van der Waals surface area contributed by atoms with Crippen molar-refractivity contribution < 1.29 is 5.11 Å². The van der Waals surface area contributed by atoms with E-state index in [1.165, 1.54) is 0 Å². The number of β-amino-alcohol motifs (C(OH)–C–C–N with tert-alkyl or cyclic N) is 1. The van der Waals surface area contributed by atoms with E-state index >= 15 is 0 Å². The lowest BCUT2D eigenvalue weighted by molar-refractivity contribution is 0.181. The summed E-state index contributed by atoms with van der Waals surface area (Å²) >= 11 is 0. The van der Waals surface area contributed by atoms with Gasteiger partial charge in [0.1, 0.15) is 0 Å². The molecule has 0 fully saturated rings. The zero-order valence-electron chi connectivity index (χ0n) is 20.4. The van der Waals surface area contributed by atoms with Crippen LogP contribution in [-0.2, 0) is 26.2 Å². The molecule has 1 aliphatic heterocycles. The van der Waals surface area contributed by atoms with Crippen LogP contribution in [0, 0.1) is 27.7 Å². The molecule has 0 aliphatic carbocycles. The maximum atomic E-state index is 9.68. The van der Waals surface area contributed by atoms with Gasteiger partial charge in [0, 0.05) is 67.6 Å². The van der Waals surface area contributed by atoms with Crippen LogP contribution in [0.15, 0.2) is 24.3 Å². The Balaban J connectivity index is 1.52. The van der Waals surface area contributed by atoms with Crippen LogP contribution < -0.4 is 0 Å². The predicted molar refractivity (Wildman–Crippen MR) is 128 cm³/mol. The number of aliphatic hydroxyl groups excluding tert-OH is 1. The zero-order chi connectivity index (χ0) is 23.8. The number of aryl methyl sites for hydroxylation is 6. The van der Waals surface area contributed by atoms with E-state index in [0.717, 1.165) is 71.7 Å². The Morgan fingerprint density at radius 2 is 1.15 bits per heavy atom. The summed E-state index contributed by atoms with van der Waals surface area (Å²) in [5, 5.41) is 29.0. The Morgan fingerprint density at radius 1 is 0.676 bits per heavy atom. The topological polar surface area (TPSA) is 94.8 Å². The van der Waals surface area contributed by atoms with Crippen LogP contribution in [0.4, 0.5) is 0 Å². The van der Waals surface area contributed by atoms with Gasteiger partial charge in [0.2, 0.25) is 0 Å². The fourth-order valence-electron chi connectivity index (χ4n) is 4.68. The summed E-state index contributed by atoms with van der Waals surface area (Å²) in [5.74, 6) is 1.68. The highest BCUT2D eigenvalue weighted by molar-refractivity contribution is 5.29. The van der Waals surface area contributed by atoms with Gasteiger partial charge in [-0.1, -0.05) is 0 Å². The summed E-state index contributed by atoms with van der Waals surface area (Å²) in [6.45, 7) is 11.9. The Labute approximate surface area is 199 Å². The number of hydrogen-bond acceptors (Lipinski definition) is 6. The van der Waals surface area contributed by atoms with Crippen molar-refractivity contribution in [2.75, 3.05) is 13.2 Å². The first-order valence-corrected chi connectivity index (χ1v) is 11.9. The third-order valence-corrected chi connectivity index (χ3v) is 6.42. The third kappa shape index (κ3) is 4.43. The van der Waals surface area contributed by atoms with Crippen LogP contribution >= 0.6 is 0 Å². The van der Waals surface area contributed by atoms with Gasteiger partial charge in [0.15, 0.2) is 11.6 Å². The highest BCUT2D eigenvalue weighted by atomic mass is 16.3. The third-order valence-electron chi connectivity index (χ3n) is 6.42. The van der Waals surface area contributed by atoms with Crippen molar-refractivity contribution >= 4 is 0 Å². The average molecular weight is 464 g/mol. The van der Waals surface area contributed by atoms with Gasteiger partial charge in [0.05, 0.1) is 18.0 Å². The van der Waals surface area contributed by atoms with Gasteiger partial charge in [-0.05, 0) is 52.7 Å². The molecule has 10 nitrogen and oxygen atoms in total. The van der Waals surface area contributed by atoms with Crippen molar-refractivity contribution in [3.63, 3.8) is 0 Å². The van der Waals surface area contributed by atoms with Crippen LogP contribution in [0.25, 0.3) is 11.6 Å². The van der Waals surface area contributed by atoms with Crippen LogP contribution in [0.2, 0.25) is 0 Å². The molecule has 1 N–H and O–H groups in total. The largest absolute Gasteiger partial charge is 0.395 e. The molecule has 8 bridgehead atoms. The number of nitrogens with zero attached hydrogens (tertiary/aromatic N) is 9. The minimum absolute atomic E-state index is 0.0760. The highest BCUT2D eigenvalue weighted by Gasteiger charge is 2.17. The number of hydrogen-bond donors (Lipinski definition) is 1. The molecule has 10 heteroatoms. The number of aromatic nitrogens is 8. The molecule has 0 unspecified atom stereocenters. The second-order valence-corrected chi connectivity index (χ2v) is 9.25. The SMILES string of the molecule is Cc1cc2nn1CCCCn1nc(cc1C)-n1nc(cc1C)CN(CCO)Cc1cc(C)n-2n1. The molecular formula is C24H33N9O. The lowest BCUT2D eigenvalue weighted by atomic mass is 10.3. The maximum Gasteiger partial charge on any atom is 0.175 e. The molecule has 5 rings (SSSR count). The van der Waals surface area contributed by atoms with E-state index in [4.69, 9.17) is 20.4 Å². The van der Waals surface area contributed by atoms with Gasteiger partial charge in [-0.2, -0.15) is 20.4 Å². The molecular weight excluding hydrogens is 430 g/mol. The smallest absolute Gasteiger partial charge is 0.175 e. The van der Waals surface area contributed by atoms with E-state index in [1.807, 2.05) is 9.36 Å². The molecule has 4 aromatic rings. The van der Waals surface area contributed by atoms with E-state index in [-0.39, 0.29) is 6.61 Å². The first-order chi connectivity index (χ1) is 16.4. The van der Waals surface area contributed by atoms with Crippen molar-refractivity contribution in [1.29, 1.82) is 0 Å². The fourth-order valence-corrected chi connectivity index (χ4v) is 4.68. The normalized spacial score (nSPS) is 15.2. The first-order valence-electron chi connectivity index (χ1n) is 11.9. The molecule has 4 aromatic heterocycles. The number of fused-ring (bicyclic) bond motifs is 10. The van der Waals surface area contributed by atoms with Gasteiger partial charge < -0.3 is 5.11 Å². The van der Waals surface area contributed by atoms with Gasteiger partial charge in [-0.25, -0.2) is 9.36 Å².